The van der Waals surface area contributed by atoms with Crippen LogP contribution in [0.15, 0.2) is 59.4 Å². The van der Waals surface area contributed by atoms with Gasteiger partial charge in [-0.2, -0.15) is 0 Å². The second kappa shape index (κ2) is 6.93. The van der Waals surface area contributed by atoms with Crippen LogP contribution in [0.4, 0.5) is 0 Å². The molecule has 2 heterocycles. The Morgan fingerprint density at radius 2 is 1.71 bits per heavy atom. The summed E-state index contributed by atoms with van der Waals surface area (Å²) in [5, 5.41) is 0.606. The van der Waals surface area contributed by atoms with E-state index in [1.807, 2.05) is 0 Å². The van der Waals surface area contributed by atoms with E-state index in [-0.39, 0.29) is 11.5 Å². The van der Waals surface area contributed by atoms with Crippen molar-refractivity contribution in [3.8, 4) is 11.3 Å². The van der Waals surface area contributed by atoms with Crippen molar-refractivity contribution in [2.75, 3.05) is 0 Å². The van der Waals surface area contributed by atoms with E-state index in [9.17, 15) is 9.59 Å². The van der Waals surface area contributed by atoms with Gasteiger partial charge in [-0.15, -0.1) is 0 Å². The lowest BCUT2D eigenvalue weighted by Crippen LogP contribution is -2.41. The highest BCUT2D eigenvalue weighted by molar-refractivity contribution is 6.30. The first-order valence-corrected chi connectivity index (χ1v) is 7.24. The molecule has 1 aromatic carbocycles. The van der Waals surface area contributed by atoms with Crippen molar-refractivity contribution < 1.29 is 14.0 Å². The maximum atomic E-state index is 12.0. The number of amides is 2. The number of halogens is 1. The molecule has 24 heavy (non-hydrogen) atoms. The normalized spacial score (nSPS) is 10.2. The summed E-state index contributed by atoms with van der Waals surface area (Å²) in [7, 11) is 0. The molecule has 120 valence electrons. The molecular weight excluding hydrogens is 332 g/mol. The monoisotopic (exact) mass is 342 g/mol. The largest absolute Gasteiger partial charge is 0.451 e. The van der Waals surface area contributed by atoms with Crippen LogP contribution in [0, 0.1) is 0 Å². The van der Waals surface area contributed by atoms with Gasteiger partial charge >= 0.3 is 5.91 Å². The molecule has 2 amide bonds. The molecule has 2 N–H and O–H groups in total. The van der Waals surface area contributed by atoms with Crippen LogP contribution >= 0.6 is 11.6 Å². The van der Waals surface area contributed by atoms with Gasteiger partial charge in [-0.25, -0.2) is 4.98 Å². The minimum atomic E-state index is -0.590. The highest BCUT2D eigenvalue weighted by atomic mass is 35.5. The Balaban J connectivity index is 1.64. The lowest BCUT2D eigenvalue weighted by molar-refractivity contribution is 0.0829. The molecule has 0 saturated carbocycles. The van der Waals surface area contributed by atoms with E-state index in [0.29, 0.717) is 10.8 Å². The molecule has 0 unspecified atom stereocenters. The van der Waals surface area contributed by atoms with E-state index in [1.54, 1.807) is 30.3 Å². The summed E-state index contributed by atoms with van der Waals surface area (Å²) in [5.41, 5.74) is 5.35. The van der Waals surface area contributed by atoms with E-state index in [1.165, 1.54) is 24.7 Å². The number of benzene rings is 1. The zero-order valence-corrected chi connectivity index (χ0v) is 12.9. The molecule has 0 radical (unpaired) electrons. The van der Waals surface area contributed by atoms with Gasteiger partial charge in [0, 0.05) is 23.0 Å². The molecule has 0 aliphatic heterocycles. The molecule has 3 aromatic rings. The SMILES string of the molecule is O=C(NNC(=O)c1ccc(-c2ccc(Cl)cc2)o1)c1cnccn1. The Kier molecular flexibility index (Phi) is 4.53. The first kappa shape index (κ1) is 15.7. The van der Waals surface area contributed by atoms with Gasteiger partial charge in [0.05, 0.1) is 6.20 Å². The highest BCUT2D eigenvalue weighted by Crippen LogP contribution is 2.23. The quantitative estimate of drug-likeness (QED) is 0.713. The third-order valence-corrected chi connectivity index (χ3v) is 3.30. The number of nitrogens with one attached hydrogen (secondary N) is 2. The second-order valence-corrected chi connectivity index (χ2v) is 5.11. The predicted molar refractivity (Wildman–Crippen MR) is 86.1 cm³/mol. The smallest absolute Gasteiger partial charge is 0.305 e. The molecular formula is C16H11ClN4O3. The van der Waals surface area contributed by atoms with Gasteiger partial charge in [-0.1, -0.05) is 11.6 Å². The van der Waals surface area contributed by atoms with Gasteiger partial charge in [0.25, 0.3) is 5.91 Å². The molecule has 3 rings (SSSR count). The van der Waals surface area contributed by atoms with E-state index < -0.39 is 11.8 Å². The first-order chi connectivity index (χ1) is 11.6. The van der Waals surface area contributed by atoms with Crippen molar-refractivity contribution in [1.29, 1.82) is 0 Å². The third-order valence-electron chi connectivity index (χ3n) is 3.04. The van der Waals surface area contributed by atoms with Gasteiger partial charge in [0.2, 0.25) is 0 Å². The molecule has 0 fully saturated rings. The van der Waals surface area contributed by atoms with Crippen molar-refractivity contribution in [2.45, 2.75) is 0 Å². The molecule has 0 saturated heterocycles. The van der Waals surface area contributed by atoms with E-state index >= 15 is 0 Å². The van der Waals surface area contributed by atoms with Crippen molar-refractivity contribution in [2.24, 2.45) is 0 Å². The Bertz CT molecular complexity index is 863. The molecule has 7 nitrogen and oxygen atoms in total. The predicted octanol–water partition coefficient (Wildman–Crippen LogP) is 2.46. The summed E-state index contributed by atoms with van der Waals surface area (Å²) in [4.78, 5) is 31.4. The Morgan fingerprint density at radius 1 is 0.958 bits per heavy atom. The minimum absolute atomic E-state index is 0.0550. The fourth-order valence-electron chi connectivity index (χ4n) is 1.88. The number of furan rings is 1. The molecule has 8 heteroatoms. The van der Waals surface area contributed by atoms with Crippen molar-refractivity contribution >= 4 is 23.4 Å². The van der Waals surface area contributed by atoms with Crippen molar-refractivity contribution in [3.05, 3.63) is 71.5 Å². The summed E-state index contributed by atoms with van der Waals surface area (Å²) in [6, 6.07) is 10.2. The molecule has 0 bridgehead atoms. The van der Waals surface area contributed by atoms with E-state index in [4.69, 9.17) is 16.0 Å². The van der Waals surface area contributed by atoms with Crippen LogP contribution in [0.25, 0.3) is 11.3 Å². The standard InChI is InChI=1S/C16H11ClN4O3/c17-11-3-1-10(2-4-11)13-5-6-14(24-13)16(23)21-20-15(22)12-9-18-7-8-19-12/h1-9H,(H,20,22)(H,21,23). The van der Waals surface area contributed by atoms with Crippen molar-refractivity contribution in [3.63, 3.8) is 0 Å². The van der Waals surface area contributed by atoms with Crippen LogP contribution in [0.5, 0.6) is 0 Å². The average molecular weight is 343 g/mol. The van der Waals surface area contributed by atoms with E-state index in [2.05, 4.69) is 20.8 Å². The van der Waals surface area contributed by atoms with Crippen LogP contribution in [0.2, 0.25) is 5.02 Å². The number of rotatable bonds is 3. The maximum Gasteiger partial charge on any atom is 0.305 e. The number of hydrogen-bond acceptors (Lipinski definition) is 5. The first-order valence-electron chi connectivity index (χ1n) is 6.86. The number of hydrogen-bond donors (Lipinski definition) is 2. The van der Waals surface area contributed by atoms with Crippen LogP contribution in [-0.2, 0) is 0 Å². The summed E-state index contributed by atoms with van der Waals surface area (Å²) in [6.07, 6.45) is 4.10. The van der Waals surface area contributed by atoms with Crippen LogP contribution in [0.1, 0.15) is 21.0 Å². The Labute approximate surface area is 141 Å². The molecule has 0 aliphatic carbocycles. The number of carbonyl (C=O) groups is 2. The fraction of sp³-hybridized carbons (Fsp3) is 0. The molecule has 0 atom stereocenters. The van der Waals surface area contributed by atoms with Crippen LogP contribution in [-0.4, -0.2) is 21.8 Å². The summed E-state index contributed by atoms with van der Waals surface area (Å²) < 4.78 is 5.47. The third kappa shape index (κ3) is 3.58. The fourth-order valence-corrected chi connectivity index (χ4v) is 2.01. The minimum Gasteiger partial charge on any atom is -0.451 e. The lowest BCUT2D eigenvalue weighted by Gasteiger charge is -2.04. The summed E-state index contributed by atoms with van der Waals surface area (Å²) in [5.74, 6) is -0.607. The number of nitrogens with zero attached hydrogens (tertiary/aromatic N) is 2. The Hall–Kier alpha value is -3.19. The Morgan fingerprint density at radius 3 is 2.42 bits per heavy atom. The lowest BCUT2D eigenvalue weighted by atomic mass is 10.2. The maximum absolute atomic E-state index is 12.0. The van der Waals surface area contributed by atoms with Gasteiger partial charge in [-0.3, -0.25) is 25.4 Å². The van der Waals surface area contributed by atoms with Crippen LogP contribution in [0.3, 0.4) is 0 Å². The molecule has 2 aromatic heterocycles. The second-order valence-electron chi connectivity index (χ2n) is 4.67. The summed E-state index contributed by atoms with van der Waals surface area (Å²) >= 11 is 5.83. The topological polar surface area (TPSA) is 97.1 Å². The number of aromatic nitrogens is 2. The van der Waals surface area contributed by atoms with Gasteiger partial charge in [0.15, 0.2) is 5.76 Å². The van der Waals surface area contributed by atoms with E-state index in [0.717, 1.165) is 5.56 Å². The van der Waals surface area contributed by atoms with Crippen LogP contribution < -0.4 is 10.9 Å². The molecule has 0 aliphatic rings. The van der Waals surface area contributed by atoms with Gasteiger partial charge in [0.1, 0.15) is 11.5 Å². The highest BCUT2D eigenvalue weighted by Gasteiger charge is 2.14. The average Bonchev–Trinajstić information content (AvgIpc) is 3.11. The van der Waals surface area contributed by atoms with Crippen molar-refractivity contribution in [1.82, 2.24) is 20.8 Å². The van der Waals surface area contributed by atoms with Gasteiger partial charge < -0.3 is 4.42 Å². The number of hydrazine groups is 1. The summed E-state index contributed by atoms with van der Waals surface area (Å²) in [6.45, 7) is 0. The zero-order valence-electron chi connectivity index (χ0n) is 12.2. The number of carbonyl (C=O) groups excluding carboxylic acids is 2. The van der Waals surface area contributed by atoms with Gasteiger partial charge in [-0.05, 0) is 36.4 Å². The zero-order chi connectivity index (χ0) is 16.9. The molecule has 0 spiro atoms.